The molecule has 1 heterocycles. The average molecular weight is 207 g/mol. The summed E-state index contributed by atoms with van der Waals surface area (Å²) in [6, 6.07) is 2.17. The van der Waals surface area contributed by atoms with Gasteiger partial charge < -0.3 is 5.73 Å². The van der Waals surface area contributed by atoms with Gasteiger partial charge in [-0.25, -0.2) is 9.97 Å². The molecule has 0 aliphatic carbocycles. The SMILES string of the molecule is Cc1cc(C(C(C)C)C(C)N)nc(C)n1. The third kappa shape index (κ3) is 2.99. The first-order valence-corrected chi connectivity index (χ1v) is 5.49. The highest BCUT2D eigenvalue weighted by Crippen LogP contribution is 2.25. The second kappa shape index (κ2) is 4.71. The molecule has 2 unspecified atom stereocenters. The smallest absolute Gasteiger partial charge is 0.125 e. The van der Waals surface area contributed by atoms with E-state index >= 15 is 0 Å². The van der Waals surface area contributed by atoms with Crippen molar-refractivity contribution in [3.05, 3.63) is 23.3 Å². The van der Waals surface area contributed by atoms with Gasteiger partial charge in [-0.2, -0.15) is 0 Å². The van der Waals surface area contributed by atoms with Gasteiger partial charge in [0.25, 0.3) is 0 Å². The first-order chi connectivity index (χ1) is 6.91. The first kappa shape index (κ1) is 12.1. The van der Waals surface area contributed by atoms with Crippen LogP contribution in [0.1, 0.15) is 43.9 Å². The summed E-state index contributed by atoms with van der Waals surface area (Å²) in [5, 5.41) is 0. The Morgan fingerprint density at radius 2 is 1.73 bits per heavy atom. The molecule has 2 atom stereocenters. The van der Waals surface area contributed by atoms with Crippen LogP contribution in [0, 0.1) is 19.8 Å². The molecule has 0 saturated heterocycles. The van der Waals surface area contributed by atoms with E-state index in [1.807, 2.05) is 26.8 Å². The molecule has 3 nitrogen and oxygen atoms in total. The summed E-state index contributed by atoms with van der Waals surface area (Å²) in [4.78, 5) is 8.77. The van der Waals surface area contributed by atoms with Gasteiger partial charge in [0.1, 0.15) is 5.82 Å². The number of hydrogen-bond acceptors (Lipinski definition) is 3. The van der Waals surface area contributed by atoms with E-state index in [2.05, 4.69) is 23.8 Å². The Labute approximate surface area is 92.1 Å². The van der Waals surface area contributed by atoms with Crippen LogP contribution >= 0.6 is 0 Å². The predicted octanol–water partition coefficient (Wildman–Crippen LogP) is 2.18. The maximum Gasteiger partial charge on any atom is 0.125 e. The summed E-state index contributed by atoms with van der Waals surface area (Å²) in [6.45, 7) is 10.3. The van der Waals surface area contributed by atoms with E-state index in [0.717, 1.165) is 17.2 Å². The number of hydrogen-bond donors (Lipinski definition) is 1. The van der Waals surface area contributed by atoms with Crippen LogP contribution in [0.3, 0.4) is 0 Å². The molecule has 0 radical (unpaired) electrons. The second-order valence-corrected chi connectivity index (χ2v) is 4.61. The molecule has 1 aromatic heterocycles. The van der Waals surface area contributed by atoms with Gasteiger partial charge in [-0.15, -0.1) is 0 Å². The molecule has 0 saturated carbocycles. The lowest BCUT2D eigenvalue weighted by atomic mass is 9.86. The molecule has 15 heavy (non-hydrogen) atoms. The van der Waals surface area contributed by atoms with Crippen LogP contribution in [-0.4, -0.2) is 16.0 Å². The molecule has 0 fully saturated rings. The summed E-state index contributed by atoms with van der Waals surface area (Å²) in [5.74, 6) is 1.64. The van der Waals surface area contributed by atoms with Crippen molar-refractivity contribution >= 4 is 0 Å². The number of rotatable bonds is 3. The van der Waals surface area contributed by atoms with E-state index in [1.165, 1.54) is 0 Å². The topological polar surface area (TPSA) is 51.8 Å². The van der Waals surface area contributed by atoms with Gasteiger partial charge in [0.05, 0.1) is 0 Å². The highest BCUT2D eigenvalue weighted by molar-refractivity contribution is 5.16. The van der Waals surface area contributed by atoms with Gasteiger partial charge in [0.15, 0.2) is 0 Å². The highest BCUT2D eigenvalue weighted by atomic mass is 14.9. The van der Waals surface area contributed by atoms with Crippen LogP contribution in [-0.2, 0) is 0 Å². The molecule has 2 N–H and O–H groups in total. The summed E-state index contributed by atoms with van der Waals surface area (Å²) < 4.78 is 0. The number of aryl methyl sites for hydroxylation is 2. The maximum absolute atomic E-state index is 6.01. The van der Waals surface area contributed by atoms with Crippen LogP contribution in [0.5, 0.6) is 0 Å². The van der Waals surface area contributed by atoms with Crippen LogP contribution in [0.4, 0.5) is 0 Å². The minimum atomic E-state index is 0.124. The molecular formula is C12H21N3. The Kier molecular flexibility index (Phi) is 3.80. The normalized spacial score (nSPS) is 15.4. The van der Waals surface area contributed by atoms with Crippen molar-refractivity contribution in [2.75, 3.05) is 0 Å². The van der Waals surface area contributed by atoms with Crippen LogP contribution < -0.4 is 5.73 Å². The molecule has 0 aliphatic heterocycles. The monoisotopic (exact) mass is 207 g/mol. The summed E-state index contributed by atoms with van der Waals surface area (Å²) in [6.07, 6.45) is 0. The second-order valence-electron chi connectivity index (χ2n) is 4.61. The van der Waals surface area contributed by atoms with Gasteiger partial charge in [0.2, 0.25) is 0 Å². The van der Waals surface area contributed by atoms with E-state index in [4.69, 9.17) is 5.73 Å². The minimum Gasteiger partial charge on any atom is -0.327 e. The van der Waals surface area contributed by atoms with Gasteiger partial charge in [-0.1, -0.05) is 13.8 Å². The van der Waals surface area contributed by atoms with Gasteiger partial charge >= 0.3 is 0 Å². The Balaban J connectivity index is 3.11. The lowest BCUT2D eigenvalue weighted by Gasteiger charge is -2.24. The molecular weight excluding hydrogens is 186 g/mol. The van der Waals surface area contributed by atoms with E-state index < -0.39 is 0 Å². The van der Waals surface area contributed by atoms with Gasteiger partial charge in [-0.3, -0.25) is 0 Å². The molecule has 0 bridgehead atoms. The Hall–Kier alpha value is -0.960. The minimum absolute atomic E-state index is 0.124. The lowest BCUT2D eigenvalue weighted by Crippen LogP contribution is -2.29. The molecule has 1 rings (SSSR count). The van der Waals surface area contributed by atoms with Crippen molar-refractivity contribution in [3.63, 3.8) is 0 Å². The van der Waals surface area contributed by atoms with Gasteiger partial charge in [-0.05, 0) is 32.8 Å². The number of nitrogens with zero attached hydrogens (tertiary/aromatic N) is 2. The van der Waals surface area contributed by atoms with Crippen molar-refractivity contribution in [2.24, 2.45) is 11.7 Å². The fraction of sp³-hybridized carbons (Fsp3) is 0.667. The van der Waals surface area contributed by atoms with Crippen LogP contribution in [0.2, 0.25) is 0 Å². The highest BCUT2D eigenvalue weighted by Gasteiger charge is 2.21. The molecule has 0 aromatic carbocycles. The Bertz CT molecular complexity index is 303. The van der Waals surface area contributed by atoms with Crippen molar-refractivity contribution in [1.29, 1.82) is 0 Å². The number of aromatic nitrogens is 2. The van der Waals surface area contributed by atoms with E-state index in [9.17, 15) is 0 Å². The average Bonchev–Trinajstić information content (AvgIpc) is 1.99. The predicted molar refractivity (Wildman–Crippen MR) is 62.7 cm³/mol. The zero-order chi connectivity index (χ0) is 11.6. The van der Waals surface area contributed by atoms with Gasteiger partial charge in [0, 0.05) is 23.3 Å². The van der Waals surface area contributed by atoms with E-state index in [0.29, 0.717) is 11.8 Å². The lowest BCUT2D eigenvalue weighted by molar-refractivity contribution is 0.425. The number of nitrogens with two attached hydrogens (primary N) is 1. The van der Waals surface area contributed by atoms with Crippen molar-refractivity contribution in [2.45, 2.75) is 46.6 Å². The van der Waals surface area contributed by atoms with Crippen LogP contribution in [0.25, 0.3) is 0 Å². The maximum atomic E-state index is 6.01. The molecule has 84 valence electrons. The molecule has 0 aliphatic rings. The third-order valence-corrected chi connectivity index (χ3v) is 2.61. The summed E-state index contributed by atoms with van der Waals surface area (Å²) in [5.41, 5.74) is 8.10. The quantitative estimate of drug-likeness (QED) is 0.826. The summed E-state index contributed by atoms with van der Waals surface area (Å²) in [7, 11) is 0. The van der Waals surface area contributed by atoms with E-state index in [1.54, 1.807) is 0 Å². The Morgan fingerprint density at radius 3 is 2.13 bits per heavy atom. The zero-order valence-electron chi connectivity index (χ0n) is 10.3. The molecule has 1 aromatic rings. The summed E-state index contributed by atoms with van der Waals surface area (Å²) >= 11 is 0. The standard InChI is InChI=1S/C12H21N3/c1-7(2)12(9(4)13)11-6-8(3)14-10(5)15-11/h6-7,9,12H,13H2,1-5H3. The van der Waals surface area contributed by atoms with E-state index in [-0.39, 0.29) is 6.04 Å². The largest absolute Gasteiger partial charge is 0.327 e. The fourth-order valence-electron chi connectivity index (χ4n) is 2.13. The molecule has 0 amide bonds. The molecule has 3 heteroatoms. The third-order valence-electron chi connectivity index (χ3n) is 2.61. The Morgan fingerprint density at radius 1 is 1.13 bits per heavy atom. The van der Waals surface area contributed by atoms with Crippen molar-refractivity contribution in [3.8, 4) is 0 Å². The zero-order valence-corrected chi connectivity index (χ0v) is 10.3. The van der Waals surface area contributed by atoms with Crippen molar-refractivity contribution < 1.29 is 0 Å². The first-order valence-electron chi connectivity index (χ1n) is 5.49. The van der Waals surface area contributed by atoms with Crippen molar-refractivity contribution in [1.82, 2.24) is 9.97 Å². The molecule has 0 spiro atoms. The van der Waals surface area contributed by atoms with Crippen LogP contribution in [0.15, 0.2) is 6.07 Å². The fourth-order valence-corrected chi connectivity index (χ4v) is 2.13.